The average Bonchev–Trinajstić information content (AvgIpc) is 3.60. The zero-order valence-electron chi connectivity index (χ0n) is 16.3. The van der Waals surface area contributed by atoms with Crippen LogP contribution in [0.3, 0.4) is 0 Å². The summed E-state index contributed by atoms with van der Waals surface area (Å²) in [6.07, 6.45) is 7.17. The third kappa shape index (κ3) is 3.84. The summed E-state index contributed by atoms with van der Waals surface area (Å²) < 4.78 is 9.51. The molecule has 1 spiro atoms. The number of hydrogen-bond acceptors (Lipinski definition) is 5. The Hall–Kier alpha value is -2.36. The Labute approximate surface area is 184 Å². The van der Waals surface area contributed by atoms with Crippen LogP contribution < -0.4 is 9.46 Å². The Kier molecular flexibility index (Phi) is 4.83. The highest BCUT2D eigenvalue weighted by atomic mass is 35.5. The van der Waals surface area contributed by atoms with Crippen LogP contribution in [0.1, 0.15) is 65.9 Å². The van der Waals surface area contributed by atoms with Crippen LogP contribution in [-0.2, 0) is 0 Å². The van der Waals surface area contributed by atoms with E-state index in [0.29, 0.717) is 33.4 Å². The third-order valence-corrected chi connectivity index (χ3v) is 7.52. The smallest absolute Gasteiger partial charge is 0.335 e. The number of benzene rings is 2. The molecular weight excluding hydrogens is 420 g/mol. The van der Waals surface area contributed by atoms with Gasteiger partial charge in [0.15, 0.2) is 0 Å². The lowest BCUT2D eigenvalue weighted by Gasteiger charge is -2.36. The number of ether oxygens (including phenoxy) is 1. The van der Waals surface area contributed by atoms with Crippen molar-refractivity contribution in [3.05, 3.63) is 52.0 Å². The van der Waals surface area contributed by atoms with Crippen molar-refractivity contribution in [1.82, 2.24) is 0 Å². The number of aromatic carboxylic acids is 1. The van der Waals surface area contributed by atoms with E-state index < -0.39 is 5.97 Å². The van der Waals surface area contributed by atoms with E-state index in [0.717, 1.165) is 36.1 Å². The molecule has 0 saturated heterocycles. The molecule has 2 aromatic carbocycles. The van der Waals surface area contributed by atoms with Gasteiger partial charge < -0.3 is 14.6 Å². The molecule has 0 atom stereocenters. The summed E-state index contributed by atoms with van der Waals surface area (Å²) in [4.78, 5) is 12.3. The molecule has 5 rings (SSSR count). The second-order valence-corrected chi connectivity index (χ2v) is 9.88. The first-order valence-corrected chi connectivity index (χ1v) is 11.4. The number of carbonyl (C=O) groups is 1. The maximum atomic E-state index is 11.4. The van der Waals surface area contributed by atoms with Gasteiger partial charge in [-0.15, -0.1) is 0 Å². The SMILES string of the molecule is N#Cc1cc(NSc2cc(C(=O)O)ccc2C2CC2)c(OC2CC3(CC3)C2)cc1Cl. The zero-order valence-corrected chi connectivity index (χ0v) is 17.9. The van der Waals surface area contributed by atoms with Crippen molar-refractivity contribution in [3.63, 3.8) is 0 Å². The molecule has 3 aliphatic carbocycles. The predicted molar refractivity (Wildman–Crippen MR) is 116 cm³/mol. The molecule has 2 aromatic rings. The summed E-state index contributed by atoms with van der Waals surface area (Å²) in [6.45, 7) is 0. The number of carboxylic acids is 1. The summed E-state index contributed by atoms with van der Waals surface area (Å²) in [5.74, 6) is 0.173. The number of halogens is 1. The van der Waals surface area contributed by atoms with Crippen molar-refractivity contribution < 1.29 is 14.6 Å². The topological polar surface area (TPSA) is 82.4 Å². The molecule has 0 heterocycles. The van der Waals surface area contributed by atoms with Gasteiger partial charge in [0.05, 0.1) is 27.9 Å². The molecule has 7 heteroatoms. The van der Waals surface area contributed by atoms with Crippen LogP contribution in [0.25, 0.3) is 0 Å². The number of carboxylic acid groups (broad SMARTS) is 1. The lowest BCUT2D eigenvalue weighted by Crippen LogP contribution is -2.35. The maximum absolute atomic E-state index is 11.4. The minimum absolute atomic E-state index is 0.180. The molecule has 2 N–H and O–H groups in total. The molecule has 0 aromatic heterocycles. The van der Waals surface area contributed by atoms with E-state index in [9.17, 15) is 15.2 Å². The Bertz CT molecular complexity index is 1060. The highest BCUT2D eigenvalue weighted by molar-refractivity contribution is 8.00. The first-order chi connectivity index (χ1) is 14.5. The Morgan fingerprint density at radius 2 is 2.03 bits per heavy atom. The van der Waals surface area contributed by atoms with E-state index in [4.69, 9.17) is 16.3 Å². The molecule has 154 valence electrons. The van der Waals surface area contributed by atoms with Crippen LogP contribution in [0.15, 0.2) is 35.2 Å². The van der Waals surface area contributed by atoms with Crippen molar-refractivity contribution in [1.29, 1.82) is 5.26 Å². The lowest BCUT2D eigenvalue weighted by molar-refractivity contribution is 0.0511. The zero-order chi connectivity index (χ0) is 20.9. The fourth-order valence-electron chi connectivity index (χ4n) is 4.17. The number of rotatable bonds is 7. The molecule has 3 saturated carbocycles. The van der Waals surface area contributed by atoms with Gasteiger partial charge in [-0.05, 0) is 85.6 Å². The van der Waals surface area contributed by atoms with Crippen molar-refractivity contribution in [3.8, 4) is 11.8 Å². The summed E-state index contributed by atoms with van der Waals surface area (Å²) in [6, 6.07) is 10.8. The van der Waals surface area contributed by atoms with E-state index >= 15 is 0 Å². The number of anilines is 1. The molecule has 0 bridgehead atoms. The van der Waals surface area contributed by atoms with Crippen LogP contribution >= 0.6 is 23.5 Å². The molecule has 0 radical (unpaired) electrons. The van der Waals surface area contributed by atoms with E-state index in [1.807, 2.05) is 6.07 Å². The molecule has 30 heavy (non-hydrogen) atoms. The van der Waals surface area contributed by atoms with E-state index in [2.05, 4.69) is 10.8 Å². The standard InChI is InChI=1S/C23H21ClN2O3S/c24-18-9-20(29-16-10-23(11-16)5-6-23)19(7-15(18)12-25)26-30-21-8-14(22(27)28)3-4-17(21)13-1-2-13/h3-4,7-9,13,16,26H,1-2,5-6,10-11H2,(H,27,28). The van der Waals surface area contributed by atoms with Crippen molar-refractivity contribution in [2.75, 3.05) is 4.72 Å². The van der Waals surface area contributed by atoms with Gasteiger partial charge in [-0.2, -0.15) is 5.26 Å². The molecule has 0 unspecified atom stereocenters. The number of hydrogen-bond donors (Lipinski definition) is 2. The van der Waals surface area contributed by atoms with Gasteiger partial charge in [0, 0.05) is 11.0 Å². The summed E-state index contributed by atoms with van der Waals surface area (Å²) in [5, 5.41) is 19.1. The molecule has 3 aliphatic rings. The van der Waals surface area contributed by atoms with E-state index in [1.54, 1.807) is 24.3 Å². The van der Waals surface area contributed by atoms with Crippen LogP contribution in [0.2, 0.25) is 5.02 Å². The number of nitrogens with zero attached hydrogens (tertiary/aromatic N) is 1. The molecule has 0 amide bonds. The number of nitriles is 1. The predicted octanol–water partition coefficient (Wildman–Crippen LogP) is 6.23. The van der Waals surface area contributed by atoms with Crippen molar-refractivity contribution >= 4 is 35.2 Å². The number of nitrogens with one attached hydrogen (secondary N) is 1. The van der Waals surface area contributed by atoms with Crippen molar-refractivity contribution in [2.45, 2.75) is 55.4 Å². The van der Waals surface area contributed by atoms with Gasteiger partial charge in [-0.25, -0.2) is 4.79 Å². The van der Waals surface area contributed by atoms with Crippen molar-refractivity contribution in [2.24, 2.45) is 5.41 Å². The average molecular weight is 441 g/mol. The fourth-order valence-corrected chi connectivity index (χ4v) is 5.28. The van der Waals surface area contributed by atoms with Crippen LogP contribution in [0.4, 0.5) is 5.69 Å². The molecule has 5 nitrogen and oxygen atoms in total. The first-order valence-electron chi connectivity index (χ1n) is 10.2. The molecule has 0 aliphatic heterocycles. The minimum Gasteiger partial charge on any atom is -0.488 e. The Morgan fingerprint density at radius 3 is 2.67 bits per heavy atom. The van der Waals surface area contributed by atoms with Gasteiger partial charge >= 0.3 is 5.97 Å². The first kappa shape index (κ1) is 19.6. The maximum Gasteiger partial charge on any atom is 0.335 e. The monoisotopic (exact) mass is 440 g/mol. The molecule has 3 fully saturated rings. The summed E-state index contributed by atoms with van der Waals surface area (Å²) >= 11 is 7.62. The lowest BCUT2D eigenvalue weighted by atomic mass is 9.79. The Balaban J connectivity index is 1.39. The third-order valence-electron chi connectivity index (χ3n) is 6.31. The summed E-state index contributed by atoms with van der Waals surface area (Å²) in [5.41, 5.74) is 3.00. The minimum atomic E-state index is -0.944. The van der Waals surface area contributed by atoms with Crippen LogP contribution in [0.5, 0.6) is 5.75 Å². The highest BCUT2D eigenvalue weighted by Gasteiger charge is 2.54. The van der Waals surface area contributed by atoms with Gasteiger partial charge in [0.2, 0.25) is 0 Å². The van der Waals surface area contributed by atoms with Crippen LogP contribution in [0, 0.1) is 16.7 Å². The normalized spacial score (nSPS) is 19.1. The van der Waals surface area contributed by atoms with Crippen LogP contribution in [-0.4, -0.2) is 17.2 Å². The second kappa shape index (κ2) is 7.40. The molecular formula is C23H21ClN2O3S. The van der Waals surface area contributed by atoms with Gasteiger partial charge in [-0.3, -0.25) is 0 Å². The van der Waals surface area contributed by atoms with Gasteiger partial charge in [0.1, 0.15) is 11.8 Å². The summed E-state index contributed by atoms with van der Waals surface area (Å²) in [7, 11) is 0. The largest absolute Gasteiger partial charge is 0.488 e. The highest BCUT2D eigenvalue weighted by Crippen LogP contribution is 2.61. The van der Waals surface area contributed by atoms with E-state index in [-0.39, 0.29) is 11.7 Å². The quantitative estimate of drug-likeness (QED) is 0.496. The van der Waals surface area contributed by atoms with E-state index in [1.165, 1.54) is 24.8 Å². The second-order valence-electron chi connectivity index (χ2n) is 8.62. The fraction of sp³-hybridized carbons (Fsp3) is 0.391. The van der Waals surface area contributed by atoms with Gasteiger partial charge in [-0.1, -0.05) is 17.7 Å². The Morgan fingerprint density at radius 1 is 1.27 bits per heavy atom. The van der Waals surface area contributed by atoms with Gasteiger partial charge in [0.25, 0.3) is 0 Å².